The van der Waals surface area contributed by atoms with Crippen LogP contribution in [0.25, 0.3) is 11.0 Å². The number of likely N-dealkylation sites (N-methyl/N-ethyl adjacent to an activating group) is 2. The summed E-state index contributed by atoms with van der Waals surface area (Å²) in [6, 6.07) is 8.48. The molecule has 0 amide bonds. The number of furan rings is 1. The van der Waals surface area contributed by atoms with E-state index in [4.69, 9.17) is 9.15 Å². The summed E-state index contributed by atoms with van der Waals surface area (Å²) in [4.78, 5) is 2.42. The first-order valence-corrected chi connectivity index (χ1v) is 7.73. The van der Waals surface area contributed by atoms with Crippen LogP contribution in [-0.2, 0) is 4.74 Å². The van der Waals surface area contributed by atoms with Crippen molar-refractivity contribution in [2.24, 2.45) is 0 Å². The summed E-state index contributed by atoms with van der Waals surface area (Å²) in [5, 5.41) is 4.53. The number of hydrogen-bond acceptors (Lipinski definition) is 4. The van der Waals surface area contributed by atoms with Crippen molar-refractivity contribution in [2.75, 3.05) is 33.3 Å². The summed E-state index contributed by atoms with van der Waals surface area (Å²) in [6.45, 7) is 8.09. The molecule has 1 aromatic carbocycles. The maximum atomic E-state index is 6.11. The van der Waals surface area contributed by atoms with Crippen molar-refractivity contribution >= 4 is 11.0 Å². The lowest BCUT2D eigenvalue weighted by atomic mass is 10.1. The van der Waals surface area contributed by atoms with Crippen LogP contribution in [0.3, 0.4) is 0 Å². The lowest BCUT2D eigenvalue weighted by Crippen LogP contribution is -2.47. The van der Waals surface area contributed by atoms with Gasteiger partial charge in [0.2, 0.25) is 0 Å². The molecule has 2 unspecified atom stereocenters. The van der Waals surface area contributed by atoms with Crippen molar-refractivity contribution in [2.45, 2.75) is 26.0 Å². The molecule has 4 heteroatoms. The Labute approximate surface area is 126 Å². The summed E-state index contributed by atoms with van der Waals surface area (Å²) in [5.41, 5.74) is 2.16. The summed E-state index contributed by atoms with van der Waals surface area (Å²) < 4.78 is 12.1. The highest BCUT2D eigenvalue weighted by atomic mass is 16.5. The van der Waals surface area contributed by atoms with Gasteiger partial charge in [-0.15, -0.1) is 0 Å². The number of ether oxygens (including phenoxy) is 1. The number of rotatable bonds is 4. The van der Waals surface area contributed by atoms with E-state index < -0.39 is 0 Å². The van der Waals surface area contributed by atoms with Crippen LogP contribution in [0.1, 0.15) is 24.3 Å². The highest BCUT2D eigenvalue weighted by molar-refractivity contribution is 5.81. The lowest BCUT2D eigenvalue weighted by Gasteiger charge is -2.35. The number of nitrogens with one attached hydrogen (secondary N) is 1. The maximum Gasteiger partial charge on any atom is 0.137 e. The molecule has 1 saturated heterocycles. The van der Waals surface area contributed by atoms with Gasteiger partial charge in [-0.05, 0) is 32.1 Å². The molecule has 1 aliphatic heterocycles. The van der Waals surface area contributed by atoms with Gasteiger partial charge in [0.1, 0.15) is 11.3 Å². The van der Waals surface area contributed by atoms with Crippen molar-refractivity contribution in [3.63, 3.8) is 0 Å². The largest absolute Gasteiger partial charge is 0.459 e. The highest BCUT2D eigenvalue weighted by Gasteiger charge is 2.30. The Morgan fingerprint density at radius 3 is 3.00 bits per heavy atom. The normalized spacial score (nSPS) is 21.8. The predicted molar refractivity (Wildman–Crippen MR) is 84.6 cm³/mol. The Bertz CT molecular complexity index is 608. The minimum atomic E-state index is 0.0890. The molecule has 114 valence electrons. The number of morpholine rings is 1. The molecule has 0 radical (unpaired) electrons. The van der Waals surface area contributed by atoms with Crippen molar-refractivity contribution < 1.29 is 9.15 Å². The Morgan fingerprint density at radius 2 is 2.29 bits per heavy atom. The molecule has 0 bridgehead atoms. The molecule has 3 rings (SSSR count). The van der Waals surface area contributed by atoms with Gasteiger partial charge in [-0.3, -0.25) is 4.90 Å². The Hall–Kier alpha value is -1.36. The second-order valence-electron chi connectivity index (χ2n) is 5.71. The fraction of sp³-hybridized carbons (Fsp3) is 0.529. The molecule has 1 N–H and O–H groups in total. The maximum absolute atomic E-state index is 6.11. The van der Waals surface area contributed by atoms with Gasteiger partial charge in [0.05, 0.1) is 18.8 Å². The second kappa shape index (κ2) is 6.18. The number of aryl methyl sites for hydroxylation is 1. The smallest absolute Gasteiger partial charge is 0.137 e. The summed E-state index contributed by atoms with van der Waals surface area (Å²) in [5.74, 6) is 0.963. The molecule has 2 heterocycles. The van der Waals surface area contributed by atoms with E-state index in [1.807, 2.05) is 7.05 Å². The molecular weight excluding hydrogens is 264 g/mol. The molecule has 1 aromatic heterocycles. The zero-order valence-corrected chi connectivity index (χ0v) is 13.1. The Kier molecular flexibility index (Phi) is 4.29. The summed E-state index contributed by atoms with van der Waals surface area (Å²) in [7, 11) is 1.97. The van der Waals surface area contributed by atoms with Gasteiger partial charge in [0, 0.05) is 18.5 Å². The standard InChI is InChI=1S/C17H24N2O2/c1-4-19-8-9-20-15(11-19)16(18-3)14-10-13-7-5-6-12(2)17(13)21-14/h5-7,10,15-16,18H,4,8-9,11H2,1-3H3. The van der Waals surface area contributed by atoms with Crippen LogP contribution >= 0.6 is 0 Å². The van der Waals surface area contributed by atoms with Crippen LogP contribution in [0.2, 0.25) is 0 Å². The van der Waals surface area contributed by atoms with Crippen molar-refractivity contribution in [3.8, 4) is 0 Å². The first kappa shape index (κ1) is 14.6. The molecule has 2 aromatic rings. The van der Waals surface area contributed by atoms with Crippen LogP contribution in [0.5, 0.6) is 0 Å². The molecule has 0 spiro atoms. The van der Waals surface area contributed by atoms with Crippen LogP contribution < -0.4 is 5.32 Å². The van der Waals surface area contributed by atoms with Gasteiger partial charge < -0.3 is 14.5 Å². The topological polar surface area (TPSA) is 37.6 Å². The van der Waals surface area contributed by atoms with Gasteiger partial charge >= 0.3 is 0 Å². The Balaban J connectivity index is 1.89. The van der Waals surface area contributed by atoms with Crippen LogP contribution in [0, 0.1) is 6.92 Å². The number of fused-ring (bicyclic) bond motifs is 1. The minimum Gasteiger partial charge on any atom is -0.459 e. The third kappa shape index (κ3) is 2.84. The summed E-state index contributed by atoms with van der Waals surface area (Å²) in [6.07, 6.45) is 0.129. The zero-order valence-electron chi connectivity index (χ0n) is 13.1. The number of nitrogens with zero attached hydrogens (tertiary/aromatic N) is 1. The van der Waals surface area contributed by atoms with Crippen molar-refractivity contribution in [1.29, 1.82) is 0 Å². The second-order valence-corrected chi connectivity index (χ2v) is 5.71. The average Bonchev–Trinajstić information content (AvgIpc) is 2.93. The van der Waals surface area contributed by atoms with Crippen LogP contribution in [0.15, 0.2) is 28.7 Å². The average molecular weight is 288 g/mol. The van der Waals surface area contributed by atoms with E-state index in [2.05, 4.69) is 48.3 Å². The van der Waals surface area contributed by atoms with E-state index >= 15 is 0 Å². The minimum absolute atomic E-state index is 0.0890. The third-order valence-corrected chi connectivity index (χ3v) is 4.37. The molecule has 0 aliphatic carbocycles. The van der Waals surface area contributed by atoms with E-state index in [9.17, 15) is 0 Å². The highest BCUT2D eigenvalue weighted by Crippen LogP contribution is 2.29. The zero-order chi connectivity index (χ0) is 14.8. The van der Waals surface area contributed by atoms with E-state index in [0.29, 0.717) is 0 Å². The Morgan fingerprint density at radius 1 is 1.43 bits per heavy atom. The molecular formula is C17H24N2O2. The van der Waals surface area contributed by atoms with E-state index in [0.717, 1.165) is 43.0 Å². The molecule has 21 heavy (non-hydrogen) atoms. The third-order valence-electron chi connectivity index (χ3n) is 4.37. The van der Waals surface area contributed by atoms with Gasteiger partial charge in [0.15, 0.2) is 0 Å². The van der Waals surface area contributed by atoms with Crippen LogP contribution in [-0.4, -0.2) is 44.3 Å². The van der Waals surface area contributed by atoms with Crippen molar-refractivity contribution in [1.82, 2.24) is 10.2 Å². The van der Waals surface area contributed by atoms with E-state index in [-0.39, 0.29) is 12.1 Å². The molecule has 1 aliphatic rings. The first-order valence-electron chi connectivity index (χ1n) is 7.73. The fourth-order valence-corrected chi connectivity index (χ4v) is 3.11. The molecule has 1 fully saturated rings. The molecule has 2 atom stereocenters. The number of benzene rings is 1. The quantitative estimate of drug-likeness (QED) is 0.938. The SMILES string of the molecule is CCN1CCOC(C(NC)c2cc3cccc(C)c3o2)C1. The van der Waals surface area contributed by atoms with Gasteiger partial charge in [0.25, 0.3) is 0 Å². The predicted octanol–water partition coefficient (Wildman–Crippen LogP) is 2.72. The number of para-hydroxylation sites is 1. The van der Waals surface area contributed by atoms with Gasteiger partial charge in [-0.1, -0.05) is 25.1 Å². The first-order chi connectivity index (χ1) is 10.2. The monoisotopic (exact) mass is 288 g/mol. The van der Waals surface area contributed by atoms with Gasteiger partial charge in [-0.2, -0.15) is 0 Å². The fourth-order valence-electron chi connectivity index (χ4n) is 3.11. The van der Waals surface area contributed by atoms with E-state index in [1.54, 1.807) is 0 Å². The van der Waals surface area contributed by atoms with E-state index in [1.165, 1.54) is 5.56 Å². The summed E-state index contributed by atoms with van der Waals surface area (Å²) >= 11 is 0. The van der Waals surface area contributed by atoms with Crippen LogP contribution in [0.4, 0.5) is 0 Å². The molecule has 0 saturated carbocycles. The van der Waals surface area contributed by atoms with Crippen molar-refractivity contribution in [3.05, 3.63) is 35.6 Å². The van der Waals surface area contributed by atoms with Gasteiger partial charge in [-0.25, -0.2) is 0 Å². The molecule has 4 nitrogen and oxygen atoms in total. The number of hydrogen-bond donors (Lipinski definition) is 1. The lowest BCUT2D eigenvalue weighted by molar-refractivity contribution is -0.0474.